The topological polar surface area (TPSA) is 23.8 Å². The molecule has 1 fully saturated rings. The van der Waals surface area contributed by atoms with Crippen molar-refractivity contribution >= 4 is 0 Å². The quantitative estimate of drug-likeness (QED) is 0.277. The van der Waals surface area contributed by atoms with Gasteiger partial charge in [-0.2, -0.15) is 5.26 Å². The molecule has 1 aliphatic carbocycles. The van der Waals surface area contributed by atoms with Crippen molar-refractivity contribution < 1.29 is 4.39 Å². The Morgan fingerprint density at radius 2 is 1.64 bits per heavy atom. The number of halogens is 1. The Bertz CT molecular complexity index is 571. The normalized spacial score (nSPS) is 21.0. The molecule has 0 unspecified atom stereocenters. The van der Waals surface area contributed by atoms with Gasteiger partial charge in [-0.3, -0.25) is 0 Å². The van der Waals surface area contributed by atoms with Crippen LogP contribution in [-0.2, 0) is 6.42 Å². The van der Waals surface area contributed by atoms with Crippen LogP contribution in [-0.4, -0.2) is 0 Å². The van der Waals surface area contributed by atoms with Crippen LogP contribution in [0.2, 0.25) is 0 Å². The Kier molecular flexibility index (Phi) is 9.05. The monoisotopic (exact) mass is 339 g/mol. The fourth-order valence-electron chi connectivity index (χ4n) is 3.83. The molecule has 1 aromatic carbocycles. The van der Waals surface area contributed by atoms with E-state index in [9.17, 15) is 4.39 Å². The van der Waals surface area contributed by atoms with Gasteiger partial charge in [0.25, 0.3) is 0 Å². The van der Waals surface area contributed by atoms with E-state index in [1.807, 2.05) is 30.4 Å². The largest absolute Gasteiger partial charge is 0.207 e. The summed E-state index contributed by atoms with van der Waals surface area (Å²) in [6.07, 6.45) is 20.4. The van der Waals surface area contributed by atoms with Gasteiger partial charge in [0, 0.05) is 6.08 Å². The van der Waals surface area contributed by atoms with Crippen LogP contribution in [0.4, 0.5) is 4.39 Å². The second-order valence-electron chi connectivity index (χ2n) is 7.25. The van der Waals surface area contributed by atoms with Crippen LogP contribution in [0.25, 0.3) is 0 Å². The average Bonchev–Trinajstić information content (AvgIpc) is 2.64. The third-order valence-electron chi connectivity index (χ3n) is 5.37. The maximum Gasteiger partial charge on any atom is 0.123 e. The minimum atomic E-state index is -0.144. The van der Waals surface area contributed by atoms with E-state index < -0.39 is 0 Å². The molecule has 25 heavy (non-hydrogen) atoms. The first-order chi connectivity index (χ1) is 12.3. The lowest BCUT2D eigenvalue weighted by Gasteiger charge is -2.28. The average molecular weight is 339 g/mol. The predicted molar refractivity (Wildman–Crippen MR) is 103 cm³/mol. The summed E-state index contributed by atoms with van der Waals surface area (Å²) in [5.74, 6) is 1.66. The van der Waals surface area contributed by atoms with Crippen LogP contribution in [0.1, 0.15) is 63.4 Å². The third-order valence-corrected chi connectivity index (χ3v) is 5.37. The van der Waals surface area contributed by atoms with Crippen molar-refractivity contribution in [1.29, 1.82) is 5.26 Å². The minimum Gasteiger partial charge on any atom is -0.207 e. The van der Waals surface area contributed by atoms with Crippen molar-refractivity contribution in [1.82, 2.24) is 0 Å². The molecule has 0 N–H and O–H groups in total. The summed E-state index contributed by atoms with van der Waals surface area (Å²) >= 11 is 0. The molecule has 0 spiro atoms. The van der Waals surface area contributed by atoms with E-state index >= 15 is 0 Å². The number of hydrogen-bond donors (Lipinski definition) is 0. The lowest BCUT2D eigenvalue weighted by molar-refractivity contribution is 0.250. The first kappa shape index (κ1) is 19.4. The molecule has 0 aliphatic heterocycles. The van der Waals surface area contributed by atoms with E-state index in [1.54, 1.807) is 12.1 Å². The highest BCUT2D eigenvalue weighted by Gasteiger charge is 2.20. The van der Waals surface area contributed by atoms with Crippen molar-refractivity contribution in [2.75, 3.05) is 0 Å². The fourth-order valence-corrected chi connectivity index (χ4v) is 3.83. The number of benzene rings is 1. The molecule has 0 bridgehead atoms. The van der Waals surface area contributed by atoms with E-state index in [0.29, 0.717) is 0 Å². The van der Waals surface area contributed by atoms with Gasteiger partial charge in [-0.25, -0.2) is 4.39 Å². The van der Waals surface area contributed by atoms with Gasteiger partial charge in [0.1, 0.15) is 5.82 Å². The zero-order chi connectivity index (χ0) is 17.7. The van der Waals surface area contributed by atoms with Crippen molar-refractivity contribution in [3.63, 3.8) is 0 Å². The molecule has 134 valence electrons. The molecular weight excluding hydrogens is 309 g/mol. The van der Waals surface area contributed by atoms with Gasteiger partial charge < -0.3 is 0 Å². The van der Waals surface area contributed by atoms with Gasteiger partial charge >= 0.3 is 0 Å². The molecule has 0 heterocycles. The lowest BCUT2D eigenvalue weighted by Crippen LogP contribution is -2.14. The zero-order valence-electron chi connectivity index (χ0n) is 15.2. The van der Waals surface area contributed by atoms with Crippen molar-refractivity contribution in [2.24, 2.45) is 11.8 Å². The molecule has 2 rings (SSSR count). The molecule has 0 aromatic heterocycles. The summed E-state index contributed by atoms with van der Waals surface area (Å²) < 4.78 is 12.9. The SMILES string of the molecule is N#CC=CC=CCCC1CCC(CCCCc2ccc(F)cc2)CC1. The Balaban J connectivity index is 1.52. The highest BCUT2D eigenvalue weighted by molar-refractivity contribution is 5.16. The summed E-state index contributed by atoms with van der Waals surface area (Å²) in [5.41, 5.74) is 1.25. The van der Waals surface area contributed by atoms with Gasteiger partial charge in [-0.15, -0.1) is 0 Å². The Hall–Kier alpha value is -1.88. The molecule has 1 aliphatic rings. The summed E-state index contributed by atoms with van der Waals surface area (Å²) in [6.45, 7) is 0. The van der Waals surface area contributed by atoms with Crippen LogP contribution in [0.5, 0.6) is 0 Å². The van der Waals surface area contributed by atoms with Crippen LogP contribution in [0.15, 0.2) is 48.6 Å². The second-order valence-corrected chi connectivity index (χ2v) is 7.25. The fraction of sp³-hybridized carbons (Fsp3) is 0.522. The summed E-state index contributed by atoms with van der Waals surface area (Å²) in [4.78, 5) is 0. The number of rotatable bonds is 9. The molecular formula is C23H30FN. The Morgan fingerprint density at radius 3 is 2.32 bits per heavy atom. The highest BCUT2D eigenvalue weighted by Crippen LogP contribution is 2.34. The molecule has 1 saturated carbocycles. The van der Waals surface area contributed by atoms with Gasteiger partial charge in [0.05, 0.1) is 6.07 Å². The smallest absolute Gasteiger partial charge is 0.123 e. The first-order valence-corrected chi connectivity index (χ1v) is 9.73. The molecule has 0 atom stereocenters. The van der Waals surface area contributed by atoms with Gasteiger partial charge in [0.15, 0.2) is 0 Å². The number of hydrogen-bond acceptors (Lipinski definition) is 1. The van der Waals surface area contributed by atoms with E-state index in [2.05, 4.69) is 6.08 Å². The number of aryl methyl sites for hydroxylation is 1. The van der Waals surface area contributed by atoms with E-state index in [1.165, 1.54) is 63.0 Å². The summed E-state index contributed by atoms with van der Waals surface area (Å²) in [6, 6.07) is 8.94. The molecule has 1 nitrogen and oxygen atoms in total. The lowest BCUT2D eigenvalue weighted by atomic mass is 9.78. The maximum atomic E-state index is 12.9. The molecule has 1 aromatic rings. The van der Waals surface area contributed by atoms with E-state index in [0.717, 1.165) is 24.7 Å². The van der Waals surface area contributed by atoms with E-state index in [-0.39, 0.29) is 5.82 Å². The maximum absolute atomic E-state index is 12.9. The second kappa shape index (κ2) is 11.6. The molecule has 2 heteroatoms. The Morgan fingerprint density at radius 1 is 0.960 bits per heavy atom. The van der Waals surface area contributed by atoms with Gasteiger partial charge in [-0.1, -0.05) is 68.9 Å². The third kappa shape index (κ3) is 8.16. The first-order valence-electron chi connectivity index (χ1n) is 9.73. The van der Waals surface area contributed by atoms with Crippen molar-refractivity contribution in [2.45, 2.75) is 64.2 Å². The van der Waals surface area contributed by atoms with Crippen molar-refractivity contribution in [3.05, 3.63) is 60.0 Å². The number of unbranched alkanes of at least 4 members (excludes halogenated alkanes) is 1. The molecule has 0 radical (unpaired) electrons. The van der Waals surface area contributed by atoms with Crippen LogP contribution in [0, 0.1) is 29.0 Å². The van der Waals surface area contributed by atoms with Crippen LogP contribution < -0.4 is 0 Å². The summed E-state index contributed by atoms with van der Waals surface area (Å²) in [5, 5.41) is 8.41. The molecule has 0 saturated heterocycles. The summed E-state index contributed by atoms with van der Waals surface area (Å²) in [7, 11) is 0. The van der Waals surface area contributed by atoms with Gasteiger partial charge in [-0.05, 0) is 55.2 Å². The van der Waals surface area contributed by atoms with Crippen molar-refractivity contribution in [3.8, 4) is 6.07 Å². The zero-order valence-corrected chi connectivity index (χ0v) is 15.2. The van der Waals surface area contributed by atoms with Crippen LogP contribution >= 0.6 is 0 Å². The number of nitrogens with zero attached hydrogens (tertiary/aromatic N) is 1. The van der Waals surface area contributed by atoms with E-state index in [4.69, 9.17) is 5.26 Å². The Labute approximate surface area is 152 Å². The van der Waals surface area contributed by atoms with Crippen LogP contribution in [0.3, 0.4) is 0 Å². The minimum absolute atomic E-state index is 0.144. The number of nitriles is 1. The highest BCUT2D eigenvalue weighted by atomic mass is 19.1. The number of allylic oxidation sites excluding steroid dienone is 4. The predicted octanol–water partition coefficient (Wildman–Crippen LogP) is 6.76. The van der Waals surface area contributed by atoms with Gasteiger partial charge in [0.2, 0.25) is 0 Å². The molecule has 0 amide bonds. The standard InChI is InChI=1S/C23H30FN/c24-23-17-15-22(16-18-23)10-6-5-9-21-13-11-20(12-14-21)8-4-2-1-3-7-19-25/h1-3,7,15-18,20-21H,4-6,8-14H2.